The Bertz CT molecular complexity index is 801. The van der Waals surface area contributed by atoms with Crippen LogP contribution in [0.3, 0.4) is 0 Å². The fraction of sp³-hybridized carbons (Fsp3) is 0.125. The van der Waals surface area contributed by atoms with Crippen LogP contribution in [-0.2, 0) is 0 Å². The van der Waals surface area contributed by atoms with E-state index in [0.717, 1.165) is 16.6 Å². The molecular formula is C16H15FN4. The number of hydrogen-bond acceptors (Lipinski definition) is 4. The summed E-state index contributed by atoms with van der Waals surface area (Å²) in [6, 6.07) is 11.1. The van der Waals surface area contributed by atoms with Gasteiger partial charge in [-0.2, -0.15) is 0 Å². The molecule has 0 atom stereocenters. The third-order valence-electron chi connectivity index (χ3n) is 3.27. The van der Waals surface area contributed by atoms with E-state index >= 15 is 0 Å². The molecule has 0 aliphatic rings. The van der Waals surface area contributed by atoms with Gasteiger partial charge in [-0.25, -0.2) is 14.4 Å². The molecule has 21 heavy (non-hydrogen) atoms. The Kier molecular flexibility index (Phi) is 3.39. The minimum atomic E-state index is -0.329. The van der Waals surface area contributed by atoms with Crippen LogP contribution in [0.15, 0.2) is 42.7 Å². The second kappa shape index (κ2) is 5.36. The summed E-state index contributed by atoms with van der Waals surface area (Å²) in [5.74, 6) is 0.326. The van der Waals surface area contributed by atoms with Gasteiger partial charge in [0.1, 0.15) is 18.0 Å². The standard InChI is InChI=1S/C16H15FN4/c1-10-4-3-5-11(6-10)21-16-12-7-15(18-2)13(17)8-14(12)19-9-20-16/h3-9,18H,1-2H3,(H,19,20,21). The minimum Gasteiger partial charge on any atom is -0.386 e. The van der Waals surface area contributed by atoms with Crippen LogP contribution < -0.4 is 10.6 Å². The van der Waals surface area contributed by atoms with Crippen LogP contribution in [0, 0.1) is 12.7 Å². The van der Waals surface area contributed by atoms with Gasteiger partial charge >= 0.3 is 0 Å². The zero-order chi connectivity index (χ0) is 14.8. The van der Waals surface area contributed by atoms with Crippen LogP contribution >= 0.6 is 0 Å². The lowest BCUT2D eigenvalue weighted by atomic mass is 10.2. The summed E-state index contributed by atoms with van der Waals surface area (Å²) in [6.45, 7) is 2.03. The van der Waals surface area contributed by atoms with Crippen molar-refractivity contribution in [2.24, 2.45) is 0 Å². The molecule has 2 N–H and O–H groups in total. The van der Waals surface area contributed by atoms with E-state index < -0.39 is 0 Å². The van der Waals surface area contributed by atoms with Crippen LogP contribution in [-0.4, -0.2) is 17.0 Å². The van der Waals surface area contributed by atoms with E-state index in [1.165, 1.54) is 12.4 Å². The molecule has 106 valence electrons. The Hall–Kier alpha value is -2.69. The summed E-state index contributed by atoms with van der Waals surface area (Å²) in [7, 11) is 1.68. The van der Waals surface area contributed by atoms with Gasteiger partial charge in [0.05, 0.1) is 11.2 Å². The van der Waals surface area contributed by atoms with Crippen molar-refractivity contribution in [2.75, 3.05) is 17.7 Å². The molecule has 0 fully saturated rings. The lowest BCUT2D eigenvalue weighted by Crippen LogP contribution is -1.99. The molecule has 0 aliphatic heterocycles. The molecule has 1 heterocycles. The number of nitrogens with zero attached hydrogens (tertiary/aromatic N) is 2. The molecule has 0 spiro atoms. The van der Waals surface area contributed by atoms with Crippen molar-refractivity contribution in [3.63, 3.8) is 0 Å². The Morgan fingerprint density at radius 3 is 2.71 bits per heavy atom. The molecule has 3 aromatic rings. The maximum Gasteiger partial charge on any atom is 0.148 e. The van der Waals surface area contributed by atoms with Crippen LogP contribution in [0.5, 0.6) is 0 Å². The number of halogens is 1. The SMILES string of the molecule is CNc1cc2c(Nc3cccc(C)c3)ncnc2cc1F. The highest BCUT2D eigenvalue weighted by Crippen LogP contribution is 2.27. The maximum atomic E-state index is 13.8. The van der Waals surface area contributed by atoms with Crippen molar-refractivity contribution in [3.05, 3.63) is 54.1 Å². The zero-order valence-corrected chi connectivity index (χ0v) is 11.8. The van der Waals surface area contributed by atoms with Crippen LogP contribution in [0.25, 0.3) is 10.9 Å². The van der Waals surface area contributed by atoms with E-state index in [2.05, 4.69) is 20.6 Å². The van der Waals surface area contributed by atoms with Crippen molar-refractivity contribution < 1.29 is 4.39 Å². The lowest BCUT2D eigenvalue weighted by Gasteiger charge is -2.10. The van der Waals surface area contributed by atoms with Crippen molar-refractivity contribution in [1.82, 2.24) is 9.97 Å². The average molecular weight is 282 g/mol. The molecular weight excluding hydrogens is 267 g/mol. The van der Waals surface area contributed by atoms with E-state index in [1.54, 1.807) is 13.1 Å². The van der Waals surface area contributed by atoms with Gasteiger partial charge < -0.3 is 10.6 Å². The molecule has 1 aromatic heterocycles. The van der Waals surface area contributed by atoms with Gasteiger partial charge in [-0.3, -0.25) is 0 Å². The molecule has 0 saturated carbocycles. The van der Waals surface area contributed by atoms with Gasteiger partial charge in [-0.1, -0.05) is 12.1 Å². The largest absolute Gasteiger partial charge is 0.386 e. The first-order valence-corrected chi connectivity index (χ1v) is 6.63. The summed E-state index contributed by atoms with van der Waals surface area (Å²) < 4.78 is 13.8. The first kappa shape index (κ1) is 13.3. The Balaban J connectivity index is 2.09. The molecule has 2 aromatic carbocycles. The van der Waals surface area contributed by atoms with Gasteiger partial charge in [0.2, 0.25) is 0 Å². The van der Waals surface area contributed by atoms with Crippen molar-refractivity contribution in [2.45, 2.75) is 6.92 Å². The number of hydrogen-bond donors (Lipinski definition) is 2. The molecule has 0 aliphatic carbocycles. The van der Waals surface area contributed by atoms with Gasteiger partial charge in [0.15, 0.2) is 0 Å². The van der Waals surface area contributed by atoms with E-state index in [1.807, 2.05) is 31.2 Å². The fourth-order valence-corrected chi connectivity index (χ4v) is 2.23. The summed E-state index contributed by atoms with van der Waals surface area (Å²) in [4.78, 5) is 8.38. The van der Waals surface area contributed by atoms with Crippen molar-refractivity contribution in [1.29, 1.82) is 0 Å². The highest BCUT2D eigenvalue weighted by atomic mass is 19.1. The lowest BCUT2D eigenvalue weighted by molar-refractivity contribution is 0.633. The second-order valence-electron chi connectivity index (χ2n) is 4.82. The van der Waals surface area contributed by atoms with Crippen LogP contribution in [0.4, 0.5) is 21.6 Å². The highest BCUT2D eigenvalue weighted by molar-refractivity contribution is 5.93. The number of nitrogens with one attached hydrogen (secondary N) is 2. The van der Waals surface area contributed by atoms with Crippen molar-refractivity contribution in [3.8, 4) is 0 Å². The topological polar surface area (TPSA) is 49.8 Å². The number of anilines is 3. The zero-order valence-electron chi connectivity index (χ0n) is 11.8. The molecule has 4 nitrogen and oxygen atoms in total. The number of aryl methyl sites for hydroxylation is 1. The first-order chi connectivity index (χ1) is 10.2. The molecule has 0 unspecified atom stereocenters. The summed E-state index contributed by atoms with van der Waals surface area (Å²) >= 11 is 0. The average Bonchev–Trinajstić information content (AvgIpc) is 2.47. The number of rotatable bonds is 3. The molecule has 3 rings (SSSR count). The molecule has 5 heteroatoms. The molecule has 0 bridgehead atoms. The number of aromatic nitrogens is 2. The highest BCUT2D eigenvalue weighted by Gasteiger charge is 2.09. The van der Waals surface area contributed by atoms with E-state index in [9.17, 15) is 4.39 Å². The third-order valence-corrected chi connectivity index (χ3v) is 3.27. The Morgan fingerprint density at radius 2 is 1.95 bits per heavy atom. The molecule has 0 radical (unpaired) electrons. The summed E-state index contributed by atoms with van der Waals surface area (Å²) in [6.07, 6.45) is 1.43. The van der Waals surface area contributed by atoms with Gasteiger partial charge in [0.25, 0.3) is 0 Å². The summed E-state index contributed by atoms with van der Waals surface area (Å²) in [5, 5.41) is 6.85. The predicted octanol–water partition coefficient (Wildman–Crippen LogP) is 3.86. The van der Waals surface area contributed by atoms with Crippen LogP contribution in [0.1, 0.15) is 5.56 Å². The van der Waals surface area contributed by atoms with Crippen LogP contribution in [0.2, 0.25) is 0 Å². The first-order valence-electron chi connectivity index (χ1n) is 6.63. The number of benzene rings is 2. The molecule has 0 amide bonds. The third kappa shape index (κ3) is 2.63. The fourth-order valence-electron chi connectivity index (χ4n) is 2.23. The van der Waals surface area contributed by atoms with Gasteiger partial charge in [-0.15, -0.1) is 0 Å². The monoisotopic (exact) mass is 282 g/mol. The summed E-state index contributed by atoms with van der Waals surface area (Å²) in [5.41, 5.74) is 3.08. The second-order valence-corrected chi connectivity index (χ2v) is 4.82. The number of fused-ring (bicyclic) bond motifs is 1. The minimum absolute atomic E-state index is 0.329. The smallest absolute Gasteiger partial charge is 0.148 e. The van der Waals surface area contributed by atoms with Gasteiger partial charge in [0, 0.05) is 24.2 Å². The predicted molar refractivity (Wildman–Crippen MR) is 83.5 cm³/mol. The maximum absolute atomic E-state index is 13.8. The quantitative estimate of drug-likeness (QED) is 0.766. The normalized spacial score (nSPS) is 10.6. The van der Waals surface area contributed by atoms with Gasteiger partial charge in [-0.05, 0) is 30.7 Å². The van der Waals surface area contributed by atoms with E-state index in [4.69, 9.17) is 0 Å². The molecule has 0 saturated heterocycles. The van der Waals surface area contributed by atoms with Crippen molar-refractivity contribution >= 4 is 28.1 Å². The Labute approximate surface area is 122 Å². The Morgan fingerprint density at radius 1 is 1.10 bits per heavy atom. The van der Waals surface area contributed by atoms with E-state index in [-0.39, 0.29) is 5.82 Å². The van der Waals surface area contributed by atoms with E-state index in [0.29, 0.717) is 17.0 Å².